The molecular formula is C23H24N2O4. The van der Waals surface area contributed by atoms with Crippen molar-refractivity contribution in [2.24, 2.45) is 0 Å². The number of aromatic hydroxyl groups is 1. The molecule has 0 heterocycles. The van der Waals surface area contributed by atoms with Gasteiger partial charge in [0.2, 0.25) is 0 Å². The van der Waals surface area contributed by atoms with Gasteiger partial charge in [0.25, 0.3) is 5.69 Å². The van der Waals surface area contributed by atoms with Gasteiger partial charge in [-0.05, 0) is 17.5 Å². The maximum Gasteiger partial charge on any atom is 0.273 e. The van der Waals surface area contributed by atoms with Crippen molar-refractivity contribution in [2.45, 2.75) is 19.5 Å². The lowest BCUT2D eigenvalue weighted by atomic mass is 10.1. The summed E-state index contributed by atoms with van der Waals surface area (Å²) in [5.74, 6) is 0.0489. The highest BCUT2D eigenvalue weighted by atomic mass is 16.6. The summed E-state index contributed by atoms with van der Waals surface area (Å²) >= 11 is 0. The summed E-state index contributed by atoms with van der Waals surface area (Å²) < 4.78 is 5.13. The fraction of sp³-hybridized carbons (Fsp3) is 0.217. The molecule has 0 unspecified atom stereocenters. The summed E-state index contributed by atoms with van der Waals surface area (Å²) in [4.78, 5) is 13.0. The Labute approximate surface area is 170 Å². The van der Waals surface area contributed by atoms with E-state index in [4.69, 9.17) is 4.74 Å². The number of phenols is 1. The number of ether oxygens (including phenoxy) is 1. The first-order valence-corrected chi connectivity index (χ1v) is 9.41. The van der Waals surface area contributed by atoms with Crippen LogP contribution in [0.2, 0.25) is 0 Å². The van der Waals surface area contributed by atoms with Gasteiger partial charge in [-0.15, -0.1) is 0 Å². The van der Waals surface area contributed by atoms with Crippen LogP contribution in [0.15, 0.2) is 72.8 Å². The van der Waals surface area contributed by atoms with Crippen molar-refractivity contribution in [1.82, 2.24) is 4.90 Å². The smallest absolute Gasteiger partial charge is 0.273 e. The molecule has 0 bridgehead atoms. The van der Waals surface area contributed by atoms with Crippen molar-refractivity contribution < 1.29 is 14.8 Å². The summed E-state index contributed by atoms with van der Waals surface area (Å²) in [5, 5.41) is 21.8. The predicted molar refractivity (Wildman–Crippen MR) is 112 cm³/mol. The first kappa shape index (κ1) is 20.4. The van der Waals surface area contributed by atoms with E-state index >= 15 is 0 Å². The summed E-state index contributed by atoms with van der Waals surface area (Å²) in [7, 11) is 1.39. The standard InChI is InChI=1S/C23H24N2O4/c1-29-22-15-21(25(27)28)14-20(23(22)26)17-24(16-19-10-6-3-7-11-19)13-12-18-8-4-2-5-9-18/h2-11,14-15,26H,12-13,16-17H2,1H3. The van der Waals surface area contributed by atoms with Crippen molar-refractivity contribution >= 4 is 5.69 Å². The van der Waals surface area contributed by atoms with Gasteiger partial charge < -0.3 is 9.84 Å². The zero-order chi connectivity index (χ0) is 20.6. The summed E-state index contributed by atoms with van der Waals surface area (Å²) in [6.07, 6.45) is 0.834. The van der Waals surface area contributed by atoms with Crippen LogP contribution in [0, 0.1) is 10.1 Å². The molecule has 0 spiro atoms. The average Bonchev–Trinajstić information content (AvgIpc) is 2.74. The molecule has 29 heavy (non-hydrogen) atoms. The van der Waals surface area contributed by atoms with E-state index < -0.39 is 4.92 Å². The van der Waals surface area contributed by atoms with Gasteiger partial charge in [-0.3, -0.25) is 15.0 Å². The molecular weight excluding hydrogens is 368 g/mol. The summed E-state index contributed by atoms with van der Waals surface area (Å²) in [6.45, 7) is 1.77. The van der Waals surface area contributed by atoms with Crippen LogP contribution < -0.4 is 4.74 Å². The minimum atomic E-state index is -0.475. The zero-order valence-electron chi connectivity index (χ0n) is 16.3. The van der Waals surface area contributed by atoms with Crippen molar-refractivity contribution in [3.05, 3.63) is 99.6 Å². The van der Waals surface area contributed by atoms with E-state index in [1.807, 2.05) is 48.5 Å². The number of nitro benzene ring substituents is 1. The minimum absolute atomic E-state index is 0.0594. The molecule has 0 radical (unpaired) electrons. The lowest BCUT2D eigenvalue weighted by molar-refractivity contribution is -0.385. The number of phenolic OH excluding ortho intramolecular Hbond substituents is 1. The second kappa shape index (κ2) is 9.71. The second-order valence-electron chi connectivity index (χ2n) is 6.84. The number of hydrogen-bond acceptors (Lipinski definition) is 5. The van der Waals surface area contributed by atoms with E-state index in [-0.39, 0.29) is 17.2 Å². The van der Waals surface area contributed by atoms with Crippen LogP contribution in [0.1, 0.15) is 16.7 Å². The van der Waals surface area contributed by atoms with E-state index in [1.54, 1.807) is 0 Å². The fourth-order valence-electron chi connectivity index (χ4n) is 3.26. The molecule has 3 aromatic rings. The molecule has 3 rings (SSSR count). The van der Waals surface area contributed by atoms with Gasteiger partial charge in [-0.2, -0.15) is 0 Å². The van der Waals surface area contributed by atoms with E-state index in [2.05, 4.69) is 17.0 Å². The van der Waals surface area contributed by atoms with Crippen molar-refractivity contribution in [3.63, 3.8) is 0 Å². The Balaban J connectivity index is 1.85. The fourth-order valence-corrected chi connectivity index (χ4v) is 3.26. The van der Waals surface area contributed by atoms with Crippen LogP contribution in [-0.2, 0) is 19.5 Å². The molecule has 0 aromatic heterocycles. The molecule has 150 valence electrons. The highest BCUT2D eigenvalue weighted by Crippen LogP contribution is 2.35. The molecule has 0 aliphatic carbocycles. The number of nitro groups is 1. The van der Waals surface area contributed by atoms with E-state index in [0.29, 0.717) is 18.7 Å². The van der Waals surface area contributed by atoms with Gasteiger partial charge in [0.15, 0.2) is 11.5 Å². The molecule has 0 saturated heterocycles. The Bertz CT molecular complexity index is 946. The third-order valence-electron chi connectivity index (χ3n) is 4.77. The van der Waals surface area contributed by atoms with Crippen LogP contribution >= 0.6 is 0 Å². The molecule has 6 nitrogen and oxygen atoms in total. The van der Waals surface area contributed by atoms with Gasteiger partial charge in [0, 0.05) is 31.3 Å². The monoisotopic (exact) mass is 392 g/mol. The quantitative estimate of drug-likeness (QED) is 0.427. The minimum Gasteiger partial charge on any atom is -0.504 e. The number of benzene rings is 3. The third kappa shape index (κ3) is 5.56. The molecule has 0 amide bonds. The topological polar surface area (TPSA) is 75.8 Å². The summed E-state index contributed by atoms with van der Waals surface area (Å²) in [5.41, 5.74) is 2.72. The average molecular weight is 392 g/mol. The van der Waals surface area contributed by atoms with E-state index in [0.717, 1.165) is 18.5 Å². The third-order valence-corrected chi connectivity index (χ3v) is 4.77. The molecule has 6 heteroatoms. The molecule has 0 saturated carbocycles. The summed E-state index contributed by atoms with van der Waals surface area (Å²) in [6, 6.07) is 22.8. The number of rotatable bonds is 9. The Morgan fingerprint density at radius 1 is 0.966 bits per heavy atom. The Morgan fingerprint density at radius 3 is 2.17 bits per heavy atom. The van der Waals surface area contributed by atoms with Crippen molar-refractivity contribution in [3.8, 4) is 11.5 Å². The number of non-ortho nitro benzene ring substituents is 1. The van der Waals surface area contributed by atoms with Crippen LogP contribution in [0.5, 0.6) is 11.5 Å². The molecule has 3 aromatic carbocycles. The first-order valence-electron chi connectivity index (χ1n) is 9.41. The normalized spacial score (nSPS) is 10.8. The highest BCUT2D eigenvalue weighted by molar-refractivity contribution is 5.53. The largest absolute Gasteiger partial charge is 0.504 e. The van der Waals surface area contributed by atoms with Gasteiger partial charge in [-0.1, -0.05) is 60.7 Å². The number of methoxy groups -OCH3 is 1. The van der Waals surface area contributed by atoms with Crippen molar-refractivity contribution in [2.75, 3.05) is 13.7 Å². The van der Waals surface area contributed by atoms with Gasteiger partial charge >= 0.3 is 0 Å². The van der Waals surface area contributed by atoms with E-state index in [1.165, 1.54) is 24.8 Å². The molecule has 0 aliphatic rings. The Hall–Kier alpha value is -3.38. The van der Waals surface area contributed by atoms with Crippen molar-refractivity contribution in [1.29, 1.82) is 0 Å². The van der Waals surface area contributed by atoms with Crippen LogP contribution in [0.25, 0.3) is 0 Å². The molecule has 1 N–H and O–H groups in total. The highest BCUT2D eigenvalue weighted by Gasteiger charge is 2.19. The maximum absolute atomic E-state index is 11.3. The van der Waals surface area contributed by atoms with Crippen LogP contribution in [-0.4, -0.2) is 28.6 Å². The number of hydrogen-bond donors (Lipinski definition) is 1. The SMILES string of the molecule is COc1cc([N+](=O)[O-])cc(CN(CCc2ccccc2)Cc2ccccc2)c1O. The zero-order valence-corrected chi connectivity index (χ0v) is 16.3. The lowest BCUT2D eigenvalue weighted by Gasteiger charge is -2.23. The van der Waals surface area contributed by atoms with Gasteiger partial charge in [-0.25, -0.2) is 0 Å². The second-order valence-corrected chi connectivity index (χ2v) is 6.84. The Morgan fingerprint density at radius 2 is 1.59 bits per heavy atom. The van der Waals surface area contributed by atoms with Crippen LogP contribution in [0.3, 0.4) is 0 Å². The Kier molecular flexibility index (Phi) is 6.81. The predicted octanol–water partition coefficient (Wildman–Crippen LogP) is 4.55. The molecule has 0 aliphatic heterocycles. The van der Waals surface area contributed by atoms with E-state index in [9.17, 15) is 15.2 Å². The van der Waals surface area contributed by atoms with Crippen LogP contribution in [0.4, 0.5) is 5.69 Å². The number of nitrogens with zero attached hydrogens (tertiary/aromatic N) is 2. The molecule has 0 fully saturated rings. The lowest BCUT2D eigenvalue weighted by Crippen LogP contribution is -2.25. The van der Waals surface area contributed by atoms with Gasteiger partial charge in [0.1, 0.15) is 0 Å². The maximum atomic E-state index is 11.3. The van der Waals surface area contributed by atoms with Gasteiger partial charge in [0.05, 0.1) is 18.1 Å². The molecule has 0 atom stereocenters. The first-order chi connectivity index (χ1) is 14.1.